The molecule has 0 aromatic carbocycles. The number of rotatable bonds is 4. The number of carbonyl (C=O) groups is 1. The first-order valence-corrected chi connectivity index (χ1v) is 8.25. The van der Waals surface area contributed by atoms with Crippen LogP contribution >= 0.6 is 0 Å². The number of aryl methyl sites for hydroxylation is 1. The van der Waals surface area contributed by atoms with E-state index in [4.69, 9.17) is 4.52 Å². The lowest BCUT2D eigenvalue weighted by molar-refractivity contribution is -0.137. The Morgan fingerprint density at radius 1 is 1.41 bits per heavy atom. The third kappa shape index (κ3) is 3.15. The molecule has 3 heterocycles. The predicted molar refractivity (Wildman–Crippen MR) is 81.2 cm³/mol. The normalized spacial score (nSPS) is 24.6. The number of piperazine rings is 1. The van der Waals surface area contributed by atoms with Crippen molar-refractivity contribution in [1.82, 2.24) is 25.3 Å². The van der Waals surface area contributed by atoms with E-state index in [0.717, 1.165) is 57.9 Å². The van der Waals surface area contributed by atoms with E-state index in [2.05, 4.69) is 27.3 Å². The molecule has 1 aromatic heterocycles. The smallest absolute Gasteiger partial charge is 0.243 e. The average Bonchev–Trinajstić information content (AvgIpc) is 3.25. The summed E-state index contributed by atoms with van der Waals surface area (Å²) in [7, 11) is 0. The van der Waals surface area contributed by atoms with E-state index in [1.807, 2.05) is 11.8 Å². The summed E-state index contributed by atoms with van der Waals surface area (Å²) in [5, 5.41) is 7.22. The monoisotopic (exact) mass is 307 g/mol. The molecular formula is C15H25N5O2. The zero-order valence-electron chi connectivity index (χ0n) is 13.4. The minimum absolute atomic E-state index is 0.109. The molecule has 1 aromatic rings. The Balaban J connectivity index is 1.53. The van der Waals surface area contributed by atoms with Crippen molar-refractivity contribution in [2.75, 3.05) is 39.3 Å². The molecular weight excluding hydrogens is 282 g/mol. The van der Waals surface area contributed by atoms with Crippen molar-refractivity contribution in [3.8, 4) is 0 Å². The molecule has 0 bridgehead atoms. The van der Waals surface area contributed by atoms with Gasteiger partial charge >= 0.3 is 0 Å². The second kappa shape index (κ2) is 6.75. The van der Waals surface area contributed by atoms with Gasteiger partial charge in [-0.15, -0.1) is 0 Å². The van der Waals surface area contributed by atoms with Crippen LogP contribution in [0.15, 0.2) is 4.52 Å². The van der Waals surface area contributed by atoms with Gasteiger partial charge in [-0.05, 0) is 19.9 Å². The molecule has 2 saturated heterocycles. The van der Waals surface area contributed by atoms with Crippen LogP contribution in [0.4, 0.5) is 0 Å². The molecule has 3 rings (SSSR count). The van der Waals surface area contributed by atoms with Crippen LogP contribution in [0.3, 0.4) is 0 Å². The summed E-state index contributed by atoms with van der Waals surface area (Å²) >= 11 is 0. The summed E-state index contributed by atoms with van der Waals surface area (Å²) in [6.45, 7) is 9.19. The average molecular weight is 307 g/mol. The number of carbonyl (C=O) groups excluding carboxylic acids is 1. The Morgan fingerprint density at radius 2 is 2.18 bits per heavy atom. The van der Waals surface area contributed by atoms with E-state index in [1.165, 1.54) is 0 Å². The second-order valence-corrected chi connectivity index (χ2v) is 6.13. The minimum Gasteiger partial charge on any atom is -0.340 e. The quantitative estimate of drug-likeness (QED) is 0.870. The number of aromatic nitrogens is 2. The van der Waals surface area contributed by atoms with Crippen LogP contribution < -0.4 is 5.32 Å². The highest BCUT2D eigenvalue weighted by atomic mass is 16.5. The maximum absolute atomic E-state index is 12.4. The van der Waals surface area contributed by atoms with E-state index in [0.29, 0.717) is 11.8 Å². The van der Waals surface area contributed by atoms with Crippen molar-refractivity contribution in [3.05, 3.63) is 11.7 Å². The van der Waals surface area contributed by atoms with Crippen LogP contribution in [0.5, 0.6) is 0 Å². The van der Waals surface area contributed by atoms with Gasteiger partial charge in [0.1, 0.15) is 0 Å². The van der Waals surface area contributed by atoms with Crippen molar-refractivity contribution in [3.63, 3.8) is 0 Å². The van der Waals surface area contributed by atoms with Gasteiger partial charge in [-0.1, -0.05) is 12.1 Å². The molecule has 0 aliphatic carbocycles. The van der Waals surface area contributed by atoms with Crippen molar-refractivity contribution < 1.29 is 9.32 Å². The Bertz CT molecular complexity index is 504. The number of nitrogens with one attached hydrogen (secondary N) is 1. The Morgan fingerprint density at radius 3 is 2.77 bits per heavy atom. The van der Waals surface area contributed by atoms with Crippen molar-refractivity contribution >= 4 is 5.91 Å². The maximum Gasteiger partial charge on any atom is 0.243 e. The van der Waals surface area contributed by atoms with E-state index in [1.54, 1.807) is 0 Å². The highest BCUT2D eigenvalue weighted by molar-refractivity contribution is 5.79. The fraction of sp³-hybridized carbons (Fsp3) is 0.800. The predicted octanol–water partition coefficient (Wildman–Crippen LogP) is 0.447. The molecule has 0 saturated carbocycles. The third-order valence-corrected chi connectivity index (χ3v) is 4.74. The number of hydrogen-bond donors (Lipinski definition) is 1. The summed E-state index contributed by atoms with van der Waals surface area (Å²) in [5.41, 5.74) is 0. The molecule has 1 N–H and O–H groups in total. The molecule has 2 aliphatic rings. The summed E-state index contributed by atoms with van der Waals surface area (Å²) < 4.78 is 5.33. The SMILES string of the molecule is CCc1noc(C(C)N2CCN(C(=O)C3CCNC3)CC2)n1. The first-order valence-electron chi connectivity index (χ1n) is 8.25. The summed E-state index contributed by atoms with van der Waals surface area (Å²) in [4.78, 5) is 21.1. The second-order valence-electron chi connectivity index (χ2n) is 6.13. The Kier molecular flexibility index (Phi) is 4.73. The van der Waals surface area contributed by atoms with Crippen LogP contribution in [0.25, 0.3) is 0 Å². The van der Waals surface area contributed by atoms with Gasteiger partial charge in [-0.2, -0.15) is 4.98 Å². The van der Waals surface area contributed by atoms with Gasteiger partial charge in [-0.25, -0.2) is 0 Å². The highest BCUT2D eigenvalue weighted by Gasteiger charge is 2.31. The fourth-order valence-electron chi connectivity index (χ4n) is 3.19. The van der Waals surface area contributed by atoms with Crippen LogP contribution in [-0.2, 0) is 11.2 Å². The lowest BCUT2D eigenvalue weighted by Crippen LogP contribution is -2.51. The van der Waals surface area contributed by atoms with Gasteiger partial charge in [-0.3, -0.25) is 9.69 Å². The molecule has 2 atom stereocenters. The van der Waals surface area contributed by atoms with Gasteiger partial charge in [0.05, 0.1) is 12.0 Å². The number of hydrogen-bond acceptors (Lipinski definition) is 6. The molecule has 2 aliphatic heterocycles. The van der Waals surface area contributed by atoms with Gasteiger partial charge in [0.25, 0.3) is 0 Å². The summed E-state index contributed by atoms with van der Waals surface area (Å²) in [5.74, 6) is 1.91. The standard InChI is InChI=1S/C15H25N5O2/c1-3-13-17-14(22-18-13)11(2)19-6-8-20(9-7-19)15(21)12-4-5-16-10-12/h11-12,16H,3-10H2,1-2H3. The molecule has 122 valence electrons. The van der Waals surface area contributed by atoms with Gasteiger partial charge in [0.15, 0.2) is 5.82 Å². The highest BCUT2D eigenvalue weighted by Crippen LogP contribution is 2.21. The summed E-state index contributed by atoms with van der Waals surface area (Å²) in [6, 6.07) is 0.109. The van der Waals surface area contributed by atoms with Crippen molar-refractivity contribution in [2.45, 2.75) is 32.7 Å². The first kappa shape index (κ1) is 15.4. The zero-order valence-corrected chi connectivity index (χ0v) is 13.4. The molecule has 1 amide bonds. The molecule has 2 fully saturated rings. The third-order valence-electron chi connectivity index (χ3n) is 4.74. The largest absolute Gasteiger partial charge is 0.340 e. The van der Waals surface area contributed by atoms with Crippen LogP contribution in [0, 0.1) is 5.92 Å². The van der Waals surface area contributed by atoms with Crippen LogP contribution in [0.1, 0.15) is 38.0 Å². The zero-order chi connectivity index (χ0) is 15.5. The van der Waals surface area contributed by atoms with Gasteiger partial charge < -0.3 is 14.7 Å². The van der Waals surface area contributed by atoms with Crippen LogP contribution in [0.2, 0.25) is 0 Å². The van der Waals surface area contributed by atoms with Crippen molar-refractivity contribution in [2.24, 2.45) is 5.92 Å². The van der Waals surface area contributed by atoms with Gasteiger partial charge in [0, 0.05) is 39.1 Å². The minimum atomic E-state index is 0.109. The topological polar surface area (TPSA) is 74.5 Å². The van der Waals surface area contributed by atoms with Crippen LogP contribution in [-0.4, -0.2) is 65.1 Å². The first-order chi connectivity index (χ1) is 10.7. The Labute approximate surface area is 131 Å². The van der Waals surface area contributed by atoms with E-state index < -0.39 is 0 Å². The van der Waals surface area contributed by atoms with E-state index in [9.17, 15) is 4.79 Å². The molecule has 0 radical (unpaired) electrons. The number of amides is 1. The number of nitrogens with zero attached hydrogens (tertiary/aromatic N) is 4. The maximum atomic E-state index is 12.4. The fourth-order valence-corrected chi connectivity index (χ4v) is 3.19. The molecule has 0 spiro atoms. The van der Waals surface area contributed by atoms with Gasteiger partial charge in [0.2, 0.25) is 11.8 Å². The van der Waals surface area contributed by atoms with E-state index >= 15 is 0 Å². The molecule has 2 unspecified atom stereocenters. The van der Waals surface area contributed by atoms with E-state index in [-0.39, 0.29) is 12.0 Å². The molecule has 22 heavy (non-hydrogen) atoms. The summed E-state index contributed by atoms with van der Waals surface area (Å²) in [6.07, 6.45) is 1.76. The Hall–Kier alpha value is -1.47. The molecule has 7 heteroatoms. The molecule has 7 nitrogen and oxygen atoms in total. The lowest BCUT2D eigenvalue weighted by atomic mass is 10.1. The lowest BCUT2D eigenvalue weighted by Gasteiger charge is -2.37. The van der Waals surface area contributed by atoms with Crippen molar-refractivity contribution in [1.29, 1.82) is 0 Å².